The summed E-state index contributed by atoms with van der Waals surface area (Å²) in [5.74, 6) is -0.822. The van der Waals surface area contributed by atoms with E-state index in [0.29, 0.717) is 5.56 Å². The number of ether oxygens (including phenoxy) is 1. The Labute approximate surface area is 170 Å². The number of nitrogens with one attached hydrogen (secondary N) is 1. The summed E-state index contributed by atoms with van der Waals surface area (Å²) < 4.78 is 5.28. The second-order valence-electron chi connectivity index (χ2n) is 6.97. The van der Waals surface area contributed by atoms with Crippen molar-refractivity contribution in [1.82, 2.24) is 0 Å². The molecule has 0 radical (unpaired) electrons. The second-order valence-corrected chi connectivity index (χ2v) is 6.97. The molecule has 0 spiro atoms. The highest BCUT2D eigenvalue weighted by Gasteiger charge is 2.34. The number of anilines is 1. The lowest BCUT2D eigenvalue weighted by molar-refractivity contribution is -0.166. The number of carbonyl (C=O) groups excluding carboxylic acids is 2. The lowest BCUT2D eigenvalue weighted by atomic mass is 9.94. The molecule has 0 aliphatic carbocycles. The van der Waals surface area contributed by atoms with Crippen molar-refractivity contribution in [2.75, 3.05) is 5.32 Å². The van der Waals surface area contributed by atoms with Crippen molar-refractivity contribution in [2.24, 2.45) is 0 Å². The summed E-state index contributed by atoms with van der Waals surface area (Å²) in [4.78, 5) is 23.5. The first-order chi connectivity index (χ1) is 13.9. The molecule has 1 atom stereocenters. The highest BCUT2D eigenvalue weighted by molar-refractivity contribution is 5.89. The lowest BCUT2D eigenvalue weighted by Gasteiger charge is -2.22. The molecule has 0 aromatic heterocycles. The molecule has 0 aliphatic rings. The standard InChI is InChI=1S/C24H23NO4/c1-17(26)25-22-14-10-20(11-15-22)19-8-12-21(13-9-19)24(2,28)23(27)29-16-18-6-4-3-5-7-18/h3-15,28H,16H2,1-2H3,(H,25,26). The number of esters is 1. The monoisotopic (exact) mass is 389 g/mol. The van der Waals surface area contributed by atoms with E-state index in [-0.39, 0.29) is 12.5 Å². The number of hydrogen-bond donors (Lipinski definition) is 2. The molecule has 0 saturated heterocycles. The van der Waals surface area contributed by atoms with E-state index in [2.05, 4.69) is 5.32 Å². The van der Waals surface area contributed by atoms with Crippen LogP contribution in [0.1, 0.15) is 25.0 Å². The van der Waals surface area contributed by atoms with E-state index >= 15 is 0 Å². The van der Waals surface area contributed by atoms with Crippen molar-refractivity contribution in [3.63, 3.8) is 0 Å². The molecular weight excluding hydrogens is 366 g/mol. The summed E-state index contributed by atoms with van der Waals surface area (Å²) in [7, 11) is 0. The highest BCUT2D eigenvalue weighted by atomic mass is 16.5. The molecule has 3 rings (SSSR count). The zero-order chi connectivity index (χ0) is 20.9. The molecule has 5 nitrogen and oxygen atoms in total. The second kappa shape index (κ2) is 8.71. The van der Waals surface area contributed by atoms with Crippen LogP contribution in [0.5, 0.6) is 0 Å². The first-order valence-corrected chi connectivity index (χ1v) is 9.28. The summed E-state index contributed by atoms with van der Waals surface area (Å²) in [5.41, 5.74) is 2.17. The highest BCUT2D eigenvalue weighted by Crippen LogP contribution is 2.27. The Hall–Kier alpha value is -3.44. The molecule has 0 heterocycles. The van der Waals surface area contributed by atoms with Gasteiger partial charge in [-0.05, 0) is 41.3 Å². The van der Waals surface area contributed by atoms with E-state index in [4.69, 9.17) is 4.74 Å². The van der Waals surface area contributed by atoms with Crippen LogP contribution in [0.3, 0.4) is 0 Å². The van der Waals surface area contributed by atoms with Crippen LogP contribution >= 0.6 is 0 Å². The topological polar surface area (TPSA) is 75.6 Å². The Morgan fingerprint density at radius 1 is 0.897 bits per heavy atom. The molecule has 0 fully saturated rings. The van der Waals surface area contributed by atoms with Gasteiger partial charge in [0, 0.05) is 12.6 Å². The first kappa shape index (κ1) is 20.3. The molecule has 3 aromatic rings. The quantitative estimate of drug-likeness (QED) is 0.618. The number of carbonyl (C=O) groups is 2. The Balaban J connectivity index is 1.69. The fraction of sp³-hybridized carbons (Fsp3) is 0.167. The molecule has 2 N–H and O–H groups in total. The number of amides is 1. The van der Waals surface area contributed by atoms with Crippen molar-refractivity contribution in [1.29, 1.82) is 0 Å². The van der Waals surface area contributed by atoms with E-state index in [0.717, 1.165) is 22.4 Å². The van der Waals surface area contributed by atoms with Crippen LogP contribution in [0.2, 0.25) is 0 Å². The first-order valence-electron chi connectivity index (χ1n) is 9.28. The molecule has 3 aromatic carbocycles. The normalized spacial score (nSPS) is 12.7. The van der Waals surface area contributed by atoms with E-state index < -0.39 is 11.6 Å². The Morgan fingerprint density at radius 3 is 2.00 bits per heavy atom. The minimum absolute atomic E-state index is 0.106. The number of benzene rings is 3. The predicted molar refractivity (Wildman–Crippen MR) is 112 cm³/mol. The van der Waals surface area contributed by atoms with Crippen LogP contribution in [0, 0.1) is 0 Å². The van der Waals surface area contributed by atoms with Gasteiger partial charge in [0.15, 0.2) is 5.60 Å². The minimum atomic E-state index is -1.75. The fourth-order valence-corrected chi connectivity index (χ4v) is 2.92. The summed E-state index contributed by atoms with van der Waals surface area (Å²) in [6, 6.07) is 23.8. The van der Waals surface area contributed by atoms with Crippen molar-refractivity contribution < 1.29 is 19.4 Å². The minimum Gasteiger partial charge on any atom is -0.458 e. The molecule has 29 heavy (non-hydrogen) atoms. The van der Waals surface area contributed by atoms with Gasteiger partial charge in [-0.25, -0.2) is 4.79 Å². The van der Waals surface area contributed by atoms with Gasteiger partial charge in [0.1, 0.15) is 6.61 Å². The maximum atomic E-state index is 12.4. The Morgan fingerprint density at radius 2 is 1.45 bits per heavy atom. The molecule has 0 aliphatic heterocycles. The average molecular weight is 389 g/mol. The molecule has 5 heteroatoms. The molecule has 0 saturated carbocycles. The maximum absolute atomic E-state index is 12.4. The zero-order valence-electron chi connectivity index (χ0n) is 16.4. The summed E-state index contributed by atoms with van der Waals surface area (Å²) in [5, 5.41) is 13.4. The van der Waals surface area contributed by atoms with Crippen molar-refractivity contribution in [2.45, 2.75) is 26.1 Å². The summed E-state index contributed by atoms with van der Waals surface area (Å²) in [6.45, 7) is 3.00. The molecule has 1 unspecified atom stereocenters. The van der Waals surface area contributed by atoms with Crippen LogP contribution in [0.4, 0.5) is 5.69 Å². The third-order valence-electron chi connectivity index (χ3n) is 4.60. The summed E-state index contributed by atoms with van der Waals surface area (Å²) >= 11 is 0. The number of rotatable bonds is 6. The van der Waals surface area contributed by atoms with Crippen LogP contribution in [-0.4, -0.2) is 17.0 Å². The van der Waals surface area contributed by atoms with Gasteiger partial charge >= 0.3 is 5.97 Å². The Bertz CT molecular complexity index is 978. The van der Waals surface area contributed by atoms with Gasteiger partial charge < -0.3 is 15.2 Å². The van der Waals surface area contributed by atoms with Gasteiger partial charge in [0.25, 0.3) is 0 Å². The molecular formula is C24H23NO4. The van der Waals surface area contributed by atoms with Crippen molar-refractivity contribution in [3.05, 3.63) is 90.0 Å². The zero-order valence-corrected chi connectivity index (χ0v) is 16.4. The summed E-state index contributed by atoms with van der Waals surface area (Å²) in [6.07, 6.45) is 0. The third kappa shape index (κ3) is 5.09. The van der Waals surface area contributed by atoms with Crippen LogP contribution < -0.4 is 5.32 Å². The van der Waals surface area contributed by atoms with Crippen molar-refractivity contribution >= 4 is 17.6 Å². The van der Waals surface area contributed by atoms with Crippen LogP contribution in [0.15, 0.2) is 78.9 Å². The predicted octanol–water partition coefficient (Wildman–Crippen LogP) is 4.26. The molecule has 0 bridgehead atoms. The van der Waals surface area contributed by atoms with Gasteiger partial charge in [-0.1, -0.05) is 66.7 Å². The lowest BCUT2D eigenvalue weighted by Crippen LogP contribution is -2.34. The van der Waals surface area contributed by atoms with E-state index in [9.17, 15) is 14.7 Å². The average Bonchev–Trinajstić information content (AvgIpc) is 2.73. The van der Waals surface area contributed by atoms with Gasteiger partial charge in [-0.2, -0.15) is 0 Å². The van der Waals surface area contributed by atoms with E-state index in [1.54, 1.807) is 12.1 Å². The largest absolute Gasteiger partial charge is 0.458 e. The Kier molecular flexibility index (Phi) is 6.10. The van der Waals surface area contributed by atoms with E-state index in [1.165, 1.54) is 13.8 Å². The van der Waals surface area contributed by atoms with Gasteiger partial charge in [-0.3, -0.25) is 4.79 Å². The SMILES string of the molecule is CC(=O)Nc1ccc(-c2ccc(C(C)(O)C(=O)OCc3ccccc3)cc2)cc1. The number of hydrogen-bond acceptors (Lipinski definition) is 4. The van der Waals surface area contributed by atoms with E-state index in [1.807, 2.05) is 66.7 Å². The van der Waals surface area contributed by atoms with Gasteiger partial charge in [-0.15, -0.1) is 0 Å². The van der Waals surface area contributed by atoms with Gasteiger partial charge in [0.05, 0.1) is 0 Å². The van der Waals surface area contributed by atoms with Crippen molar-refractivity contribution in [3.8, 4) is 11.1 Å². The van der Waals surface area contributed by atoms with Gasteiger partial charge in [0.2, 0.25) is 5.91 Å². The van der Waals surface area contributed by atoms with Crippen LogP contribution in [-0.2, 0) is 26.5 Å². The third-order valence-corrected chi connectivity index (χ3v) is 4.60. The maximum Gasteiger partial charge on any atom is 0.342 e. The number of aliphatic hydroxyl groups is 1. The van der Waals surface area contributed by atoms with Crippen LogP contribution in [0.25, 0.3) is 11.1 Å². The molecule has 148 valence electrons. The smallest absolute Gasteiger partial charge is 0.342 e. The molecule has 1 amide bonds. The fourth-order valence-electron chi connectivity index (χ4n) is 2.92.